The molecule has 2 aromatic rings. The highest BCUT2D eigenvalue weighted by Crippen LogP contribution is 2.09. The van der Waals surface area contributed by atoms with Gasteiger partial charge in [0, 0.05) is 18.3 Å². The zero-order valence-electron chi connectivity index (χ0n) is 14.0. The van der Waals surface area contributed by atoms with Crippen LogP contribution in [0.4, 0.5) is 5.95 Å². The molecule has 1 amide bonds. The van der Waals surface area contributed by atoms with Gasteiger partial charge in [0.2, 0.25) is 5.95 Å². The molecule has 5 heteroatoms. The summed E-state index contributed by atoms with van der Waals surface area (Å²) in [6.45, 7) is 6.69. The summed E-state index contributed by atoms with van der Waals surface area (Å²) in [7, 11) is 0. The Morgan fingerprint density at radius 3 is 2.57 bits per heavy atom. The number of amides is 1. The number of hydrogen-bond acceptors (Lipinski definition) is 4. The summed E-state index contributed by atoms with van der Waals surface area (Å²) >= 11 is 0. The summed E-state index contributed by atoms with van der Waals surface area (Å²) in [5.41, 5.74) is 1.51. The molecule has 0 aliphatic heterocycles. The van der Waals surface area contributed by atoms with Gasteiger partial charge in [-0.2, -0.15) is 0 Å². The van der Waals surface area contributed by atoms with Crippen LogP contribution in [-0.2, 0) is 6.42 Å². The molecule has 0 fully saturated rings. The molecule has 0 saturated heterocycles. The Balaban J connectivity index is 1.82. The number of rotatable bonds is 6. The predicted octanol–water partition coefficient (Wildman–Crippen LogP) is 3.05. The number of aryl methyl sites for hydroxylation is 1. The van der Waals surface area contributed by atoms with Crippen molar-refractivity contribution in [3.05, 3.63) is 53.9 Å². The molecule has 5 nitrogen and oxygen atoms in total. The maximum absolute atomic E-state index is 12.1. The van der Waals surface area contributed by atoms with Gasteiger partial charge in [-0.1, -0.05) is 30.3 Å². The van der Waals surface area contributed by atoms with E-state index in [0.717, 1.165) is 12.8 Å². The van der Waals surface area contributed by atoms with E-state index in [1.54, 1.807) is 12.3 Å². The summed E-state index contributed by atoms with van der Waals surface area (Å²) in [4.78, 5) is 20.5. The molecule has 1 aromatic heterocycles. The maximum atomic E-state index is 12.1. The SMILES string of the molecule is CC(C)(C)Nc1nccc(C(=O)NCCCc2ccccc2)n1. The standard InChI is InChI=1S/C18H24N4O/c1-18(2,3)22-17-20-13-11-15(21-17)16(23)19-12-7-10-14-8-5-4-6-9-14/h4-6,8-9,11,13H,7,10,12H2,1-3H3,(H,19,23)(H,20,21,22). The van der Waals surface area contributed by atoms with Crippen LogP contribution in [0.5, 0.6) is 0 Å². The minimum absolute atomic E-state index is 0.148. The van der Waals surface area contributed by atoms with E-state index in [9.17, 15) is 4.79 Å². The van der Waals surface area contributed by atoms with E-state index in [1.807, 2.05) is 39.0 Å². The van der Waals surface area contributed by atoms with Gasteiger partial charge >= 0.3 is 0 Å². The highest BCUT2D eigenvalue weighted by molar-refractivity contribution is 5.92. The first kappa shape index (κ1) is 16.9. The van der Waals surface area contributed by atoms with Crippen molar-refractivity contribution >= 4 is 11.9 Å². The topological polar surface area (TPSA) is 66.9 Å². The van der Waals surface area contributed by atoms with Crippen LogP contribution in [-0.4, -0.2) is 28.0 Å². The largest absolute Gasteiger partial charge is 0.351 e. The summed E-state index contributed by atoms with van der Waals surface area (Å²) in [6.07, 6.45) is 3.44. The van der Waals surface area contributed by atoms with Crippen LogP contribution < -0.4 is 10.6 Å². The molecule has 0 saturated carbocycles. The highest BCUT2D eigenvalue weighted by Gasteiger charge is 2.13. The van der Waals surface area contributed by atoms with Crippen LogP contribution in [0.15, 0.2) is 42.6 Å². The Bertz CT molecular complexity index is 635. The van der Waals surface area contributed by atoms with Crippen LogP contribution in [0.2, 0.25) is 0 Å². The lowest BCUT2D eigenvalue weighted by Crippen LogP contribution is -2.29. The van der Waals surface area contributed by atoms with E-state index in [-0.39, 0.29) is 11.4 Å². The minimum Gasteiger partial charge on any atom is -0.351 e. The second kappa shape index (κ2) is 7.72. The van der Waals surface area contributed by atoms with Crippen molar-refractivity contribution in [2.75, 3.05) is 11.9 Å². The van der Waals surface area contributed by atoms with E-state index in [0.29, 0.717) is 18.2 Å². The molecule has 23 heavy (non-hydrogen) atoms. The average Bonchev–Trinajstić information content (AvgIpc) is 2.51. The maximum Gasteiger partial charge on any atom is 0.270 e. The average molecular weight is 312 g/mol. The number of carbonyl (C=O) groups is 1. The quantitative estimate of drug-likeness (QED) is 0.805. The molecule has 2 N–H and O–H groups in total. The molecule has 0 atom stereocenters. The van der Waals surface area contributed by atoms with Crippen molar-refractivity contribution in [1.29, 1.82) is 0 Å². The fourth-order valence-electron chi connectivity index (χ4n) is 2.11. The first-order valence-corrected chi connectivity index (χ1v) is 7.87. The lowest BCUT2D eigenvalue weighted by molar-refractivity contribution is 0.0948. The van der Waals surface area contributed by atoms with Crippen LogP contribution >= 0.6 is 0 Å². The highest BCUT2D eigenvalue weighted by atomic mass is 16.1. The van der Waals surface area contributed by atoms with E-state index in [4.69, 9.17) is 0 Å². The van der Waals surface area contributed by atoms with Crippen molar-refractivity contribution in [1.82, 2.24) is 15.3 Å². The summed E-state index contributed by atoms with van der Waals surface area (Å²) < 4.78 is 0. The molecular formula is C18H24N4O. The third-order valence-electron chi connectivity index (χ3n) is 3.15. The monoisotopic (exact) mass is 312 g/mol. The number of nitrogens with zero attached hydrogens (tertiary/aromatic N) is 2. The number of benzene rings is 1. The van der Waals surface area contributed by atoms with E-state index >= 15 is 0 Å². The number of carbonyl (C=O) groups excluding carboxylic acids is 1. The Kier molecular flexibility index (Phi) is 5.68. The van der Waals surface area contributed by atoms with E-state index in [1.165, 1.54) is 5.56 Å². The van der Waals surface area contributed by atoms with Crippen molar-refractivity contribution < 1.29 is 4.79 Å². The molecule has 0 bridgehead atoms. The number of nitrogens with one attached hydrogen (secondary N) is 2. The van der Waals surface area contributed by atoms with Crippen molar-refractivity contribution in [3.8, 4) is 0 Å². The van der Waals surface area contributed by atoms with Gasteiger partial charge in [0.25, 0.3) is 5.91 Å². The Hall–Kier alpha value is -2.43. The van der Waals surface area contributed by atoms with Gasteiger partial charge in [0.15, 0.2) is 0 Å². The normalized spacial score (nSPS) is 11.1. The van der Waals surface area contributed by atoms with Gasteiger partial charge in [0.1, 0.15) is 5.69 Å². The number of aromatic nitrogens is 2. The van der Waals surface area contributed by atoms with Gasteiger partial charge < -0.3 is 10.6 Å². The molecule has 0 radical (unpaired) electrons. The smallest absolute Gasteiger partial charge is 0.270 e. The Morgan fingerprint density at radius 1 is 1.13 bits per heavy atom. The van der Waals surface area contributed by atoms with Crippen LogP contribution in [0.3, 0.4) is 0 Å². The summed E-state index contributed by atoms with van der Waals surface area (Å²) in [5, 5.41) is 6.07. The molecule has 0 spiro atoms. The Morgan fingerprint density at radius 2 is 1.87 bits per heavy atom. The third kappa shape index (κ3) is 6.06. The zero-order valence-corrected chi connectivity index (χ0v) is 14.0. The van der Waals surface area contributed by atoms with E-state index in [2.05, 4.69) is 32.7 Å². The molecule has 0 aliphatic rings. The second-order valence-electron chi connectivity index (χ2n) is 6.49. The summed E-state index contributed by atoms with van der Waals surface area (Å²) in [6, 6.07) is 11.9. The first-order chi connectivity index (χ1) is 10.9. The van der Waals surface area contributed by atoms with Gasteiger partial charge in [-0.25, -0.2) is 9.97 Å². The lowest BCUT2D eigenvalue weighted by Gasteiger charge is -2.20. The molecule has 122 valence electrons. The second-order valence-corrected chi connectivity index (χ2v) is 6.49. The fraction of sp³-hybridized carbons (Fsp3) is 0.389. The van der Waals surface area contributed by atoms with Crippen molar-refractivity contribution in [2.45, 2.75) is 39.2 Å². The fourth-order valence-corrected chi connectivity index (χ4v) is 2.11. The minimum atomic E-state index is -0.169. The zero-order chi connectivity index (χ0) is 16.7. The van der Waals surface area contributed by atoms with Crippen molar-refractivity contribution in [2.24, 2.45) is 0 Å². The van der Waals surface area contributed by atoms with Crippen molar-refractivity contribution in [3.63, 3.8) is 0 Å². The van der Waals surface area contributed by atoms with Gasteiger partial charge in [-0.15, -0.1) is 0 Å². The van der Waals surface area contributed by atoms with Crippen LogP contribution in [0, 0.1) is 0 Å². The molecule has 0 aliphatic carbocycles. The third-order valence-corrected chi connectivity index (χ3v) is 3.15. The van der Waals surface area contributed by atoms with Crippen LogP contribution in [0.25, 0.3) is 0 Å². The molecule has 1 heterocycles. The first-order valence-electron chi connectivity index (χ1n) is 7.87. The lowest BCUT2D eigenvalue weighted by atomic mass is 10.1. The Labute approximate surface area is 137 Å². The molecule has 2 rings (SSSR count). The molecular weight excluding hydrogens is 288 g/mol. The van der Waals surface area contributed by atoms with Gasteiger partial charge in [0.05, 0.1) is 0 Å². The molecule has 1 aromatic carbocycles. The van der Waals surface area contributed by atoms with Crippen LogP contribution in [0.1, 0.15) is 43.2 Å². The number of hydrogen-bond donors (Lipinski definition) is 2. The predicted molar refractivity (Wildman–Crippen MR) is 92.5 cm³/mol. The number of anilines is 1. The molecule has 0 unspecified atom stereocenters. The van der Waals surface area contributed by atoms with E-state index < -0.39 is 0 Å². The van der Waals surface area contributed by atoms with Gasteiger partial charge in [-0.05, 0) is 45.2 Å². The summed E-state index contributed by atoms with van der Waals surface area (Å²) in [5.74, 6) is 0.298. The van der Waals surface area contributed by atoms with Gasteiger partial charge in [-0.3, -0.25) is 4.79 Å².